The van der Waals surface area contributed by atoms with Gasteiger partial charge in [0.1, 0.15) is 22.7 Å². The molecule has 1 heterocycles. The molecule has 0 spiro atoms. The molecule has 0 aliphatic heterocycles. The predicted octanol–water partition coefficient (Wildman–Crippen LogP) is 3.26. The number of rotatable bonds is 6. The number of hydrogen-bond acceptors (Lipinski definition) is 5. The highest BCUT2D eigenvalue weighted by molar-refractivity contribution is 5.97. The quantitative estimate of drug-likeness (QED) is 0.393. The minimum absolute atomic E-state index is 0.0630. The molecule has 1 aromatic heterocycles. The van der Waals surface area contributed by atoms with Crippen molar-refractivity contribution in [1.82, 2.24) is 10.3 Å². The molecule has 0 aliphatic rings. The zero-order valence-electron chi connectivity index (χ0n) is 13.9. The third kappa shape index (κ3) is 3.81. The second kappa shape index (κ2) is 7.73. The van der Waals surface area contributed by atoms with Crippen LogP contribution in [0.1, 0.15) is 10.4 Å². The Morgan fingerprint density at radius 3 is 2.52 bits per heavy atom. The number of non-ortho nitro benzene ring substituents is 1. The molecule has 0 unspecified atom stereocenters. The first-order chi connectivity index (χ1) is 13.0. The van der Waals surface area contributed by atoms with E-state index in [0.29, 0.717) is 16.6 Å². The van der Waals surface area contributed by atoms with Gasteiger partial charge in [0.05, 0.1) is 16.0 Å². The number of nitrogens with one attached hydrogen (secondary N) is 2. The van der Waals surface area contributed by atoms with Crippen LogP contribution in [-0.4, -0.2) is 28.9 Å². The number of halogens is 2. The molecule has 0 saturated carbocycles. The lowest BCUT2D eigenvalue weighted by atomic mass is 10.1. The molecule has 27 heavy (non-hydrogen) atoms. The summed E-state index contributed by atoms with van der Waals surface area (Å²) in [6.45, 7) is 0.309. The molecule has 0 bridgehead atoms. The van der Waals surface area contributed by atoms with E-state index in [1.807, 2.05) is 0 Å². The maximum absolute atomic E-state index is 13.6. The number of fused-ring (bicyclic) bond motifs is 1. The highest BCUT2D eigenvalue weighted by Gasteiger charge is 2.17. The summed E-state index contributed by atoms with van der Waals surface area (Å²) in [7, 11) is 0. The highest BCUT2D eigenvalue weighted by atomic mass is 19.1. The van der Waals surface area contributed by atoms with Crippen molar-refractivity contribution in [3.8, 4) is 0 Å². The fraction of sp³-hybridized carbons (Fsp3) is 0.111. The smallest absolute Gasteiger partial charge is 0.278 e. The molecule has 1 amide bonds. The maximum Gasteiger partial charge on any atom is 0.278 e. The summed E-state index contributed by atoms with van der Waals surface area (Å²) in [5.74, 6) is -2.74. The zero-order valence-corrected chi connectivity index (χ0v) is 13.9. The normalized spacial score (nSPS) is 10.6. The summed E-state index contributed by atoms with van der Waals surface area (Å²) < 4.78 is 27.1. The van der Waals surface area contributed by atoms with Crippen LogP contribution in [0, 0.1) is 21.7 Å². The number of hydrogen-bond donors (Lipinski definition) is 2. The monoisotopic (exact) mass is 372 g/mol. The van der Waals surface area contributed by atoms with Gasteiger partial charge in [-0.2, -0.15) is 0 Å². The molecule has 138 valence electrons. The Morgan fingerprint density at radius 1 is 1.07 bits per heavy atom. The molecule has 0 atom stereocenters. The van der Waals surface area contributed by atoms with Gasteiger partial charge in [0, 0.05) is 25.4 Å². The summed E-state index contributed by atoms with van der Waals surface area (Å²) in [4.78, 5) is 26.7. The van der Waals surface area contributed by atoms with E-state index < -0.39 is 28.0 Å². The van der Waals surface area contributed by atoms with Crippen LogP contribution in [0.5, 0.6) is 0 Å². The number of benzene rings is 2. The van der Waals surface area contributed by atoms with Gasteiger partial charge in [-0.1, -0.05) is 6.07 Å². The van der Waals surface area contributed by atoms with Gasteiger partial charge in [-0.3, -0.25) is 19.9 Å². The van der Waals surface area contributed by atoms with Crippen LogP contribution in [0.3, 0.4) is 0 Å². The van der Waals surface area contributed by atoms with Gasteiger partial charge in [0.15, 0.2) is 0 Å². The Labute approximate surface area is 152 Å². The molecule has 0 radical (unpaired) electrons. The molecule has 3 rings (SSSR count). The summed E-state index contributed by atoms with van der Waals surface area (Å²) in [5, 5.41) is 16.9. The molecule has 0 saturated heterocycles. The summed E-state index contributed by atoms with van der Waals surface area (Å²) in [6.07, 6.45) is 1.51. The van der Waals surface area contributed by atoms with E-state index in [1.165, 1.54) is 24.4 Å². The molecule has 3 aromatic rings. The number of aromatic nitrogens is 1. The van der Waals surface area contributed by atoms with E-state index in [0.717, 1.165) is 12.1 Å². The number of carbonyl (C=O) groups excluding carboxylic acids is 1. The van der Waals surface area contributed by atoms with Crippen LogP contribution in [0.2, 0.25) is 0 Å². The van der Waals surface area contributed by atoms with Crippen LogP contribution in [0.25, 0.3) is 10.9 Å². The Kier molecular flexibility index (Phi) is 5.20. The van der Waals surface area contributed by atoms with Crippen LogP contribution in [-0.2, 0) is 0 Å². The molecule has 2 aromatic carbocycles. The van der Waals surface area contributed by atoms with Crippen molar-refractivity contribution in [2.45, 2.75) is 0 Å². The van der Waals surface area contributed by atoms with Crippen LogP contribution < -0.4 is 10.6 Å². The number of pyridine rings is 1. The van der Waals surface area contributed by atoms with Crippen molar-refractivity contribution >= 4 is 28.2 Å². The van der Waals surface area contributed by atoms with Gasteiger partial charge in [-0.25, -0.2) is 8.78 Å². The standard InChI is InChI=1S/C18H14F2N4O3/c19-12-4-1-5-13(20)16(12)18(25)23-10-9-21-14-6-7-15(24(26)27)11-3-2-8-22-17(11)14/h1-8,21H,9-10H2,(H,23,25). The first-order valence-electron chi connectivity index (χ1n) is 7.97. The Bertz CT molecular complexity index is 1010. The second-order valence-corrected chi connectivity index (χ2v) is 5.57. The number of carbonyl (C=O) groups is 1. The fourth-order valence-electron chi connectivity index (χ4n) is 2.64. The lowest BCUT2D eigenvalue weighted by Crippen LogP contribution is -2.30. The van der Waals surface area contributed by atoms with Crippen LogP contribution in [0.4, 0.5) is 20.2 Å². The summed E-state index contributed by atoms with van der Waals surface area (Å²) >= 11 is 0. The van der Waals surface area contributed by atoms with Gasteiger partial charge in [0.25, 0.3) is 11.6 Å². The molecule has 0 fully saturated rings. The first-order valence-corrected chi connectivity index (χ1v) is 7.97. The number of anilines is 1. The average molecular weight is 372 g/mol. The SMILES string of the molecule is O=C(NCCNc1ccc([N+](=O)[O-])c2cccnc12)c1c(F)cccc1F. The summed E-state index contributed by atoms with van der Waals surface area (Å²) in [5.41, 5.74) is 0.257. The fourth-order valence-corrected chi connectivity index (χ4v) is 2.64. The number of amides is 1. The van der Waals surface area contributed by atoms with Crippen molar-refractivity contribution in [1.29, 1.82) is 0 Å². The highest BCUT2D eigenvalue weighted by Crippen LogP contribution is 2.29. The lowest BCUT2D eigenvalue weighted by Gasteiger charge is -2.11. The number of nitro benzene ring substituents is 1. The third-order valence-corrected chi connectivity index (χ3v) is 3.86. The molecule has 9 heteroatoms. The number of nitro groups is 1. The van der Waals surface area contributed by atoms with Gasteiger partial charge < -0.3 is 10.6 Å². The topological polar surface area (TPSA) is 97.2 Å². The van der Waals surface area contributed by atoms with Gasteiger partial charge >= 0.3 is 0 Å². The lowest BCUT2D eigenvalue weighted by molar-refractivity contribution is -0.383. The number of nitrogens with zero attached hydrogens (tertiary/aromatic N) is 2. The zero-order chi connectivity index (χ0) is 19.4. The predicted molar refractivity (Wildman–Crippen MR) is 95.6 cm³/mol. The Hall–Kier alpha value is -3.62. The van der Waals surface area contributed by atoms with Gasteiger partial charge in [-0.05, 0) is 30.3 Å². The Balaban J connectivity index is 1.67. The first kappa shape index (κ1) is 18.2. The van der Waals surface area contributed by atoms with E-state index >= 15 is 0 Å². The molecule has 2 N–H and O–H groups in total. The van der Waals surface area contributed by atoms with E-state index in [9.17, 15) is 23.7 Å². The average Bonchev–Trinajstić information content (AvgIpc) is 2.64. The van der Waals surface area contributed by atoms with Gasteiger partial charge in [-0.15, -0.1) is 0 Å². The van der Waals surface area contributed by atoms with Crippen molar-refractivity contribution < 1.29 is 18.5 Å². The minimum atomic E-state index is -0.939. The van der Waals surface area contributed by atoms with Crippen LogP contribution >= 0.6 is 0 Å². The van der Waals surface area contributed by atoms with E-state index in [1.54, 1.807) is 12.1 Å². The van der Waals surface area contributed by atoms with Crippen molar-refractivity contribution in [2.75, 3.05) is 18.4 Å². The van der Waals surface area contributed by atoms with Crippen molar-refractivity contribution in [2.24, 2.45) is 0 Å². The largest absolute Gasteiger partial charge is 0.382 e. The van der Waals surface area contributed by atoms with Gasteiger partial charge in [0.2, 0.25) is 0 Å². The van der Waals surface area contributed by atoms with Crippen molar-refractivity contribution in [3.05, 3.63) is 76.0 Å². The Morgan fingerprint density at radius 2 is 1.81 bits per heavy atom. The molecular weight excluding hydrogens is 358 g/mol. The molecule has 7 nitrogen and oxygen atoms in total. The summed E-state index contributed by atoms with van der Waals surface area (Å²) in [6, 6.07) is 9.26. The van der Waals surface area contributed by atoms with Crippen LogP contribution in [0.15, 0.2) is 48.7 Å². The third-order valence-electron chi connectivity index (χ3n) is 3.86. The molecular formula is C18H14F2N4O3. The minimum Gasteiger partial charge on any atom is -0.382 e. The van der Waals surface area contributed by atoms with E-state index in [4.69, 9.17) is 0 Å². The second-order valence-electron chi connectivity index (χ2n) is 5.57. The maximum atomic E-state index is 13.6. The van der Waals surface area contributed by atoms with E-state index in [2.05, 4.69) is 15.6 Å². The van der Waals surface area contributed by atoms with E-state index in [-0.39, 0.29) is 18.8 Å². The molecule has 0 aliphatic carbocycles. The van der Waals surface area contributed by atoms with Crippen molar-refractivity contribution in [3.63, 3.8) is 0 Å².